The maximum absolute atomic E-state index is 13.3. The third kappa shape index (κ3) is 3.55. The molecule has 1 saturated heterocycles. The summed E-state index contributed by atoms with van der Waals surface area (Å²) < 4.78 is 19.2. The summed E-state index contributed by atoms with van der Waals surface area (Å²) in [7, 11) is 0. The molecule has 1 aliphatic rings. The van der Waals surface area contributed by atoms with Crippen molar-refractivity contribution in [3.63, 3.8) is 0 Å². The van der Waals surface area contributed by atoms with Crippen LogP contribution in [0.25, 0.3) is 10.9 Å². The van der Waals surface area contributed by atoms with Gasteiger partial charge in [0.25, 0.3) is 0 Å². The number of anilines is 3. The third-order valence-corrected chi connectivity index (χ3v) is 5.66. The van der Waals surface area contributed by atoms with Gasteiger partial charge in [-0.05, 0) is 43.3 Å². The molecule has 2 N–H and O–H groups in total. The monoisotopic (exact) mass is 422 g/mol. The highest BCUT2D eigenvalue weighted by Gasteiger charge is 2.30. The number of pyridine rings is 1. The molecule has 0 bridgehead atoms. The first-order valence-electron chi connectivity index (χ1n) is 9.73. The second-order valence-electron chi connectivity index (χ2n) is 7.43. The highest BCUT2D eigenvalue weighted by atomic mass is 35.5. The molecule has 0 aliphatic carbocycles. The molecule has 0 saturated carbocycles. The smallest absolute Gasteiger partial charge is 0.135 e. The van der Waals surface area contributed by atoms with Crippen LogP contribution >= 0.6 is 11.6 Å². The van der Waals surface area contributed by atoms with Crippen molar-refractivity contribution in [3.8, 4) is 5.75 Å². The van der Waals surface area contributed by atoms with Crippen LogP contribution in [0.3, 0.4) is 0 Å². The molecule has 0 spiro atoms. The van der Waals surface area contributed by atoms with E-state index in [0.29, 0.717) is 10.8 Å². The molecular formula is C23H20ClFN4O. The summed E-state index contributed by atoms with van der Waals surface area (Å²) in [4.78, 5) is 9.92. The fourth-order valence-electron chi connectivity index (χ4n) is 3.77. The SMILES string of the molecule is Cc1c(N2CC(Oc3cccc(F)c3)C2)ccnc1Nc1cc(Cl)c2cc[nH]c2c1. The van der Waals surface area contributed by atoms with Crippen molar-refractivity contribution in [2.75, 3.05) is 23.3 Å². The van der Waals surface area contributed by atoms with Gasteiger partial charge in [-0.3, -0.25) is 0 Å². The lowest BCUT2D eigenvalue weighted by Crippen LogP contribution is -2.54. The summed E-state index contributed by atoms with van der Waals surface area (Å²) in [6.45, 7) is 3.52. The molecule has 0 unspecified atom stereocenters. The van der Waals surface area contributed by atoms with Crippen LogP contribution < -0.4 is 15.0 Å². The van der Waals surface area contributed by atoms with Gasteiger partial charge in [-0.1, -0.05) is 17.7 Å². The van der Waals surface area contributed by atoms with Crippen LogP contribution in [0.15, 0.2) is 60.9 Å². The number of benzene rings is 2. The number of rotatable bonds is 5. The van der Waals surface area contributed by atoms with Crippen molar-refractivity contribution >= 4 is 39.7 Å². The lowest BCUT2D eigenvalue weighted by atomic mass is 10.1. The molecule has 2 aromatic heterocycles. The maximum Gasteiger partial charge on any atom is 0.135 e. The van der Waals surface area contributed by atoms with Gasteiger partial charge < -0.3 is 19.9 Å². The Kier molecular flexibility index (Phi) is 4.71. The van der Waals surface area contributed by atoms with Gasteiger partial charge in [0.15, 0.2) is 0 Å². The van der Waals surface area contributed by atoms with Crippen LogP contribution in [0.4, 0.5) is 21.6 Å². The Hall–Kier alpha value is -3.25. The molecule has 0 amide bonds. The van der Waals surface area contributed by atoms with E-state index < -0.39 is 0 Å². The van der Waals surface area contributed by atoms with Crippen LogP contribution in [0, 0.1) is 12.7 Å². The van der Waals surface area contributed by atoms with Crippen LogP contribution in [-0.2, 0) is 0 Å². The minimum absolute atomic E-state index is 0.0323. The molecule has 0 radical (unpaired) electrons. The van der Waals surface area contributed by atoms with E-state index in [9.17, 15) is 4.39 Å². The quantitative estimate of drug-likeness (QED) is 0.434. The van der Waals surface area contributed by atoms with E-state index in [2.05, 4.69) is 20.2 Å². The van der Waals surface area contributed by atoms with Crippen LogP contribution in [0.5, 0.6) is 5.75 Å². The molecule has 3 heterocycles. The molecule has 1 aliphatic heterocycles. The lowest BCUT2D eigenvalue weighted by Gasteiger charge is -2.41. The molecule has 4 aromatic rings. The van der Waals surface area contributed by atoms with Gasteiger partial charge in [0.2, 0.25) is 0 Å². The number of hydrogen-bond acceptors (Lipinski definition) is 4. The number of halogens is 2. The maximum atomic E-state index is 13.3. The first-order chi connectivity index (χ1) is 14.6. The Morgan fingerprint density at radius 3 is 2.90 bits per heavy atom. The van der Waals surface area contributed by atoms with Crippen molar-refractivity contribution in [3.05, 3.63) is 77.3 Å². The number of H-pyrrole nitrogens is 1. The van der Waals surface area contributed by atoms with Crippen molar-refractivity contribution in [2.24, 2.45) is 0 Å². The number of nitrogens with zero attached hydrogens (tertiary/aromatic N) is 2. The molecule has 7 heteroatoms. The standard InChI is InChI=1S/C23H20ClFN4O/c1-14-22(29-12-18(13-29)30-17-4-2-3-15(25)9-17)6-8-27-23(14)28-16-10-20(24)19-5-7-26-21(19)11-16/h2-11,18,26H,12-13H2,1H3,(H,27,28). The van der Waals surface area contributed by atoms with Gasteiger partial charge in [-0.15, -0.1) is 0 Å². The summed E-state index contributed by atoms with van der Waals surface area (Å²) in [5.74, 6) is 1.05. The minimum atomic E-state index is -0.290. The predicted molar refractivity (Wildman–Crippen MR) is 119 cm³/mol. The van der Waals surface area contributed by atoms with E-state index in [1.807, 2.05) is 37.4 Å². The first-order valence-corrected chi connectivity index (χ1v) is 10.1. The summed E-state index contributed by atoms with van der Waals surface area (Å²) >= 11 is 6.39. The number of fused-ring (bicyclic) bond motifs is 1. The Morgan fingerprint density at radius 2 is 2.07 bits per heavy atom. The van der Waals surface area contributed by atoms with Crippen LogP contribution in [-0.4, -0.2) is 29.2 Å². The number of aromatic amines is 1. The van der Waals surface area contributed by atoms with Gasteiger partial charge in [0.1, 0.15) is 23.5 Å². The van der Waals surface area contributed by atoms with Crippen molar-refractivity contribution < 1.29 is 9.13 Å². The summed E-state index contributed by atoms with van der Waals surface area (Å²) in [5.41, 5.74) is 3.99. The van der Waals surface area contributed by atoms with E-state index in [1.165, 1.54) is 12.1 Å². The number of aromatic nitrogens is 2. The zero-order valence-corrected chi connectivity index (χ0v) is 17.1. The zero-order chi connectivity index (χ0) is 20.7. The van der Waals surface area contributed by atoms with Crippen molar-refractivity contribution in [2.45, 2.75) is 13.0 Å². The molecule has 1 fully saturated rings. The number of hydrogen-bond donors (Lipinski definition) is 2. The molecule has 30 heavy (non-hydrogen) atoms. The first kappa shape index (κ1) is 18.8. The summed E-state index contributed by atoms with van der Waals surface area (Å²) in [6.07, 6.45) is 3.70. The average molecular weight is 423 g/mol. The van der Waals surface area contributed by atoms with Gasteiger partial charge in [0, 0.05) is 46.3 Å². The Morgan fingerprint density at radius 1 is 1.20 bits per heavy atom. The highest BCUT2D eigenvalue weighted by Crippen LogP contribution is 2.33. The lowest BCUT2D eigenvalue weighted by molar-refractivity contribution is 0.167. The second-order valence-corrected chi connectivity index (χ2v) is 7.84. The van der Waals surface area contributed by atoms with Crippen molar-refractivity contribution in [1.82, 2.24) is 9.97 Å². The summed E-state index contributed by atoms with van der Waals surface area (Å²) in [5, 5.41) is 5.06. The van der Waals surface area contributed by atoms with E-state index in [0.717, 1.165) is 46.7 Å². The highest BCUT2D eigenvalue weighted by molar-refractivity contribution is 6.35. The molecule has 5 rings (SSSR count). The van der Waals surface area contributed by atoms with Gasteiger partial charge in [0.05, 0.1) is 18.1 Å². The molecule has 5 nitrogen and oxygen atoms in total. The number of ether oxygens (including phenoxy) is 1. The molecule has 152 valence electrons. The normalized spacial score (nSPS) is 14.0. The topological polar surface area (TPSA) is 53.2 Å². The van der Waals surface area contributed by atoms with Crippen molar-refractivity contribution in [1.29, 1.82) is 0 Å². The Bertz CT molecular complexity index is 1220. The molecule has 0 atom stereocenters. The summed E-state index contributed by atoms with van der Waals surface area (Å²) in [6, 6.07) is 14.1. The van der Waals surface area contributed by atoms with Gasteiger partial charge in [-0.2, -0.15) is 0 Å². The van der Waals surface area contributed by atoms with Crippen LogP contribution in [0.2, 0.25) is 5.02 Å². The van der Waals surface area contributed by atoms with Gasteiger partial charge in [-0.25, -0.2) is 9.37 Å². The Labute approximate surface area is 178 Å². The number of nitrogens with one attached hydrogen (secondary N) is 2. The van der Waals surface area contributed by atoms with Crippen LogP contribution in [0.1, 0.15) is 5.56 Å². The minimum Gasteiger partial charge on any atom is -0.487 e. The Balaban J connectivity index is 1.30. The van der Waals surface area contributed by atoms with E-state index in [-0.39, 0.29) is 11.9 Å². The third-order valence-electron chi connectivity index (χ3n) is 5.34. The fraction of sp³-hybridized carbons (Fsp3) is 0.174. The second kappa shape index (κ2) is 7.54. The van der Waals surface area contributed by atoms with E-state index in [1.54, 1.807) is 18.3 Å². The van der Waals surface area contributed by atoms with Gasteiger partial charge >= 0.3 is 0 Å². The zero-order valence-electron chi connectivity index (χ0n) is 16.3. The molecular weight excluding hydrogens is 403 g/mol. The van der Waals surface area contributed by atoms with E-state index >= 15 is 0 Å². The van der Waals surface area contributed by atoms with E-state index in [4.69, 9.17) is 16.3 Å². The largest absolute Gasteiger partial charge is 0.487 e. The molecule has 2 aromatic carbocycles. The predicted octanol–water partition coefficient (Wildman–Crippen LogP) is 5.68. The fourth-order valence-corrected chi connectivity index (χ4v) is 4.05. The average Bonchev–Trinajstić information content (AvgIpc) is 3.16.